The van der Waals surface area contributed by atoms with Gasteiger partial charge in [0.05, 0.1) is 0 Å². The Morgan fingerprint density at radius 3 is 2.00 bits per heavy atom. The summed E-state index contributed by atoms with van der Waals surface area (Å²) in [6, 6.07) is -0.937. The molecule has 0 aliphatic carbocycles. The molecule has 0 aliphatic rings. The molecule has 0 aromatic heterocycles. The fourth-order valence-corrected chi connectivity index (χ4v) is 1.13. The molecule has 0 heterocycles. The van der Waals surface area contributed by atoms with E-state index < -0.39 is 22.4 Å². The average Bonchev–Trinajstić information content (AvgIpc) is 1.81. The lowest BCUT2D eigenvalue weighted by atomic mass is 10.1. The Morgan fingerprint density at radius 1 is 1.45 bits per heavy atom. The number of carbonyl (C=O) groups excluding carboxylic acids is 1. The van der Waals surface area contributed by atoms with E-state index in [4.69, 9.17) is 5.73 Å². The van der Waals surface area contributed by atoms with E-state index in [1.165, 1.54) is 0 Å². The highest BCUT2D eigenvalue weighted by Crippen LogP contribution is 2.04. The van der Waals surface area contributed by atoms with E-state index in [2.05, 4.69) is 4.36 Å². The summed E-state index contributed by atoms with van der Waals surface area (Å²) in [4.78, 5) is 10.5. The lowest BCUT2D eigenvalue weighted by Gasteiger charge is -2.08. The Bertz CT molecular complexity index is 259. The first kappa shape index (κ1) is 10.1. The van der Waals surface area contributed by atoms with Gasteiger partial charge in [0, 0.05) is 0 Å². The monoisotopic (exact) mass is 178 g/mol. The molecular formula is C5H10N2O3S. The molecule has 0 rings (SSSR count). The molecule has 2 N–H and O–H groups in total. The van der Waals surface area contributed by atoms with Crippen LogP contribution >= 0.6 is 0 Å². The molecule has 0 spiro atoms. The summed E-state index contributed by atoms with van der Waals surface area (Å²) in [5.74, 6) is -0.908. The van der Waals surface area contributed by atoms with Gasteiger partial charge in [-0.3, -0.25) is 4.79 Å². The van der Waals surface area contributed by atoms with Crippen molar-refractivity contribution >= 4 is 16.4 Å². The number of hydrogen-bond donors (Lipinski definition) is 1. The van der Waals surface area contributed by atoms with Gasteiger partial charge in [0.15, 0.2) is 0 Å². The van der Waals surface area contributed by atoms with E-state index in [-0.39, 0.29) is 5.92 Å². The highest BCUT2D eigenvalue weighted by atomic mass is 32.2. The Morgan fingerprint density at radius 2 is 1.91 bits per heavy atom. The van der Waals surface area contributed by atoms with Crippen molar-refractivity contribution in [3.63, 3.8) is 0 Å². The summed E-state index contributed by atoms with van der Waals surface area (Å²) in [5, 5.41) is 0. The van der Waals surface area contributed by atoms with Crippen molar-refractivity contribution in [2.45, 2.75) is 19.9 Å². The van der Waals surface area contributed by atoms with Crippen LogP contribution in [0.3, 0.4) is 0 Å². The molecule has 0 bridgehead atoms. The van der Waals surface area contributed by atoms with Crippen LogP contribution in [0.1, 0.15) is 13.8 Å². The van der Waals surface area contributed by atoms with Gasteiger partial charge >= 0.3 is 10.5 Å². The number of nitrogens with zero attached hydrogens (tertiary/aromatic N) is 1. The summed E-state index contributed by atoms with van der Waals surface area (Å²) in [7, 11) is -2.56. The van der Waals surface area contributed by atoms with Crippen molar-refractivity contribution in [1.29, 1.82) is 0 Å². The fourth-order valence-electron chi connectivity index (χ4n) is 0.595. The summed E-state index contributed by atoms with van der Waals surface area (Å²) in [6.45, 7) is 3.34. The first-order chi connectivity index (χ1) is 4.95. The number of rotatable bonds is 3. The van der Waals surface area contributed by atoms with Gasteiger partial charge in [-0.05, 0) is 5.92 Å². The summed E-state index contributed by atoms with van der Waals surface area (Å²) >= 11 is 0. The van der Waals surface area contributed by atoms with E-state index in [1.807, 2.05) is 0 Å². The second-order valence-electron chi connectivity index (χ2n) is 2.41. The second kappa shape index (κ2) is 4.07. The number of hydrogen-bond acceptors (Lipinski definition) is 4. The molecule has 0 radical (unpaired) electrons. The Balaban J connectivity index is 4.63. The molecule has 1 unspecified atom stereocenters. The van der Waals surface area contributed by atoms with Crippen molar-refractivity contribution < 1.29 is 13.2 Å². The van der Waals surface area contributed by atoms with E-state index in [1.54, 1.807) is 13.8 Å². The number of primary amides is 1. The molecule has 64 valence electrons. The minimum absolute atomic E-state index is 0.189. The van der Waals surface area contributed by atoms with E-state index in [0.29, 0.717) is 0 Å². The smallest absolute Gasteiger partial charge is 0.311 e. The zero-order valence-corrected chi connectivity index (χ0v) is 7.13. The molecule has 6 heteroatoms. The molecule has 1 amide bonds. The average molecular weight is 178 g/mol. The number of carbonyl (C=O) groups is 1. The minimum atomic E-state index is -2.56. The van der Waals surface area contributed by atoms with Crippen LogP contribution in [0.15, 0.2) is 4.36 Å². The maximum absolute atomic E-state index is 10.5. The van der Waals surface area contributed by atoms with Gasteiger partial charge in [0.2, 0.25) is 5.91 Å². The largest absolute Gasteiger partial charge is 0.368 e. The molecule has 11 heavy (non-hydrogen) atoms. The van der Waals surface area contributed by atoms with Crippen LogP contribution in [-0.2, 0) is 15.3 Å². The maximum atomic E-state index is 10.5. The van der Waals surface area contributed by atoms with Crippen molar-refractivity contribution in [1.82, 2.24) is 0 Å². The summed E-state index contributed by atoms with van der Waals surface area (Å²) < 4.78 is 23.2. The van der Waals surface area contributed by atoms with Gasteiger partial charge in [-0.1, -0.05) is 13.8 Å². The molecule has 0 saturated carbocycles. The molecule has 5 nitrogen and oxygen atoms in total. The predicted molar refractivity (Wildman–Crippen MR) is 39.2 cm³/mol. The van der Waals surface area contributed by atoms with Gasteiger partial charge in [0.1, 0.15) is 6.04 Å². The van der Waals surface area contributed by atoms with Crippen LogP contribution < -0.4 is 5.73 Å². The van der Waals surface area contributed by atoms with Gasteiger partial charge in [-0.2, -0.15) is 12.8 Å². The zero-order valence-electron chi connectivity index (χ0n) is 6.31. The Hall–Kier alpha value is -0.910. The van der Waals surface area contributed by atoms with Crippen molar-refractivity contribution in [2.24, 2.45) is 16.0 Å². The Kier molecular flexibility index (Phi) is 3.73. The van der Waals surface area contributed by atoms with Gasteiger partial charge in [-0.25, -0.2) is 0 Å². The van der Waals surface area contributed by atoms with E-state index >= 15 is 0 Å². The van der Waals surface area contributed by atoms with Crippen molar-refractivity contribution in [3.05, 3.63) is 0 Å². The topological polar surface area (TPSA) is 89.6 Å². The third-order valence-electron chi connectivity index (χ3n) is 1.12. The normalized spacial score (nSPS) is 12.6. The van der Waals surface area contributed by atoms with Crippen molar-refractivity contribution in [2.75, 3.05) is 0 Å². The van der Waals surface area contributed by atoms with Crippen LogP contribution in [0.5, 0.6) is 0 Å². The number of amides is 1. The lowest BCUT2D eigenvalue weighted by molar-refractivity contribution is -0.119. The minimum Gasteiger partial charge on any atom is -0.368 e. The first-order valence-electron chi connectivity index (χ1n) is 3.04. The third kappa shape index (κ3) is 3.72. The molecule has 0 aliphatic heterocycles. The molecule has 1 atom stereocenters. The highest BCUT2D eigenvalue weighted by Gasteiger charge is 2.18. The lowest BCUT2D eigenvalue weighted by Crippen LogP contribution is -2.31. The fraction of sp³-hybridized carbons (Fsp3) is 0.800. The van der Waals surface area contributed by atoms with Gasteiger partial charge < -0.3 is 5.73 Å². The Labute approximate surface area is 66.3 Å². The summed E-state index contributed by atoms with van der Waals surface area (Å²) in [5.41, 5.74) is 4.88. The highest BCUT2D eigenvalue weighted by molar-refractivity contribution is 7.61. The van der Waals surface area contributed by atoms with Gasteiger partial charge in [-0.15, -0.1) is 0 Å². The van der Waals surface area contributed by atoms with E-state index in [9.17, 15) is 13.2 Å². The number of nitrogens with two attached hydrogens (primary N) is 1. The van der Waals surface area contributed by atoms with Gasteiger partial charge in [0.25, 0.3) is 0 Å². The second-order valence-corrected chi connectivity index (χ2v) is 3.06. The van der Waals surface area contributed by atoms with Crippen LogP contribution in [0.25, 0.3) is 0 Å². The quantitative estimate of drug-likeness (QED) is 0.635. The summed E-state index contributed by atoms with van der Waals surface area (Å²) in [6.07, 6.45) is 0. The van der Waals surface area contributed by atoms with Crippen LogP contribution in [0, 0.1) is 5.92 Å². The third-order valence-corrected chi connectivity index (χ3v) is 1.52. The standard InChI is InChI=1S/C5H10N2O3S/c1-3(2)4(5(6)8)7-11(9)10/h3-4H,1-2H3,(H2,6,8). The van der Waals surface area contributed by atoms with E-state index in [0.717, 1.165) is 0 Å². The van der Waals surface area contributed by atoms with Crippen LogP contribution in [-0.4, -0.2) is 20.4 Å². The zero-order chi connectivity index (χ0) is 9.02. The molecule has 0 fully saturated rings. The SMILES string of the molecule is CC(C)C(N=S(=O)=O)C(N)=O. The molecule has 0 aromatic carbocycles. The predicted octanol–water partition coefficient (Wildman–Crippen LogP) is -0.441. The maximum Gasteiger partial charge on any atom is 0.311 e. The van der Waals surface area contributed by atoms with Crippen LogP contribution in [0.2, 0.25) is 0 Å². The molecule has 0 saturated heterocycles. The van der Waals surface area contributed by atoms with Crippen LogP contribution in [0.4, 0.5) is 0 Å². The first-order valence-corrected chi connectivity index (χ1v) is 4.08. The molecule has 0 aromatic rings. The van der Waals surface area contributed by atoms with Crippen molar-refractivity contribution in [3.8, 4) is 0 Å². The molecular weight excluding hydrogens is 168 g/mol.